The van der Waals surface area contributed by atoms with Crippen LogP contribution in [0, 0.1) is 5.92 Å². The van der Waals surface area contributed by atoms with Crippen molar-refractivity contribution in [3.05, 3.63) is 23.0 Å². The number of carbonyl (C=O) groups is 1. The molecular formula is C12H16ClN3O. The average Bonchev–Trinajstić information content (AvgIpc) is 3.13. The van der Waals surface area contributed by atoms with Crippen molar-refractivity contribution in [1.29, 1.82) is 0 Å². The summed E-state index contributed by atoms with van der Waals surface area (Å²) in [6, 6.07) is 3.23. The molecule has 1 saturated carbocycles. The highest BCUT2D eigenvalue weighted by Gasteiger charge is 2.27. The quantitative estimate of drug-likeness (QED) is 0.810. The molecule has 1 aliphatic rings. The molecule has 0 atom stereocenters. The van der Waals surface area contributed by atoms with E-state index in [0.717, 1.165) is 19.5 Å². The minimum atomic E-state index is -0.0390. The number of amides is 1. The molecule has 0 spiro atoms. The molecule has 0 radical (unpaired) electrons. The van der Waals surface area contributed by atoms with Crippen LogP contribution < -0.4 is 0 Å². The molecule has 1 amide bonds. The van der Waals surface area contributed by atoms with Crippen LogP contribution in [0.25, 0.3) is 0 Å². The number of halogens is 1. The Bertz CT molecular complexity index is 389. The molecule has 92 valence electrons. The molecule has 5 heteroatoms. The highest BCUT2D eigenvalue weighted by atomic mass is 35.5. The molecule has 0 aliphatic heterocycles. The third-order valence-corrected chi connectivity index (χ3v) is 3.01. The zero-order valence-electron chi connectivity index (χ0n) is 9.90. The standard InChI is InChI=1S/C12H16ClN3O/c1-2-7-16(8-9-3-4-9)12(17)10-5-6-11(13)15-14-10/h5-6,9H,2-4,7-8H2,1H3. The first-order valence-corrected chi connectivity index (χ1v) is 6.37. The van der Waals surface area contributed by atoms with Crippen LogP contribution in [0.15, 0.2) is 12.1 Å². The Morgan fingerprint density at radius 2 is 2.24 bits per heavy atom. The first-order valence-electron chi connectivity index (χ1n) is 5.99. The first-order chi connectivity index (χ1) is 8.20. The van der Waals surface area contributed by atoms with E-state index < -0.39 is 0 Å². The topological polar surface area (TPSA) is 46.1 Å². The maximum Gasteiger partial charge on any atom is 0.274 e. The Labute approximate surface area is 106 Å². The van der Waals surface area contributed by atoms with Gasteiger partial charge in [0.2, 0.25) is 0 Å². The normalized spacial score (nSPS) is 14.7. The predicted molar refractivity (Wildman–Crippen MR) is 66.0 cm³/mol. The van der Waals surface area contributed by atoms with E-state index in [1.807, 2.05) is 4.90 Å². The molecule has 17 heavy (non-hydrogen) atoms. The van der Waals surface area contributed by atoms with Crippen LogP contribution in [0.1, 0.15) is 36.7 Å². The van der Waals surface area contributed by atoms with Gasteiger partial charge in [0.15, 0.2) is 10.8 Å². The average molecular weight is 254 g/mol. The second-order valence-corrected chi connectivity index (χ2v) is 4.82. The van der Waals surface area contributed by atoms with E-state index in [0.29, 0.717) is 16.8 Å². The first kappa shape index (κ1) is 12.3. The molecule has 0 N–H and O–H groups in total. The van der Waals surface area contributed by atoms with Crippen molar-refractivity contribution in [3.63, 3.8) is 0 Å². The molecule has 1 aromatic rings. The largest absolute Gasteiger partial charge is 0.337 e. The van der Waals surface area contributed by atoms with Gasteiger partial charge in [0.05, 0.1) is 0 Å². The van der Waals surface area contributed by atoms with Crippen LogP contribution >= 0.6 is 11.6 Å². The zero-order valence-corrected chi connectivity index (χ0v) is 10.7. The fourth-order valence-corrected chi connectivity index (χ4v) is 1.85. The van der Waals surface area contributed by atoms with Gasteiger partial charge in [-0.15, -0.1) is 10.2 Å². The van der Waals surface area contributed by atoms with E-state index >= 15 is 0 Å². The van der Waals surface area contributed by atoms with Crippen LogP contribution in [0.4, 0.5) is 0 Å². The van der Waals surface area contributed by atoms with Crippen molar-refractivity contribution >= 4 is 17.5 Å². The van der Waals surface area contributed by atoms with E-state index in [-0.39, 0.29) is 5.91 Å². The van der Waals surface area contributed by atoms with Crippen LogP contribution in [0.3, 0.4) is 0 Å². The molecule has 0 bridgehead atoms. The van der Waals surface area contributed by atoms with Crippen molar-refractivity contribution in [3.8, 4) is 0 Å². The third kappa shape index (κ3) is 3.40. The summed E-state index contributed by atoms with van der Waals surface area (Å²) < 4.78 is 0. The van der Waals surface area contributed by atoms with Gasteiger partial charge in [-0.3, -0.25) is 4.79 Å². The molecule has 0 unspecified atom stereocenters. The van der Waals surface area contributed by atoms with Crippen LogP contribution in [0.5, 0.6) is 0 Å². The Balaban J connectivity index is 2.05. The summed E-state index contributed by atoms with van der Waals surface area (Å²) in [6.07, 6.45) is 3.43. The number of rotatable bonds is 5. The van der Waals surface area contributed by atoms with Gasteiger partial charge < -0.3 is 4.90 Å². The van der Waals surface area contributed by atoms with Crippen LogP contribution in [-0.2, 0) is 0 Å². The molecule has 1 aromatic heterocycles. The minimum absolute atomic E-state index is 0.0390. The number of aromatic nitrogens is 2. The van der Waals surface area contributed by atoms with Crippen LogP contribution in [-0.4, -0.2) is 34.1 Å². The summed E-state index contributed by atoms with van der Waals surface area (Å²) in [5, 5.41) is 7.85. The molecule has 4 nitrogen and oxygen atoms in total. The van der Waals surface area contributed by atoms with Crippen molar-refractivity contribution in [2.24, 2.45) is 5.92 Å². The van der Waals surface area contributed by atoms with Gasteiger partial charge >= 0.3 is 0 Å². The van der Waals surface area contributed by atoms with Crippen molar-refractivity contribution in [2.45, 2.75) is 26.2 Å². The molecule has 0 saturated heterocycles. The Kier molecular flexibility index (Phi) is 3.94. The van der Waals surface area contributed by atoms with Crippen molar-refractivity contribution in [2.75, 3.05) is 13.1 Å². The summed E-state index contributed by atoms with van der Waals surface area (Å²) in [6.45, 7) is 3.69. The lowest BCUT2D eigenvalue weighted by Gasteiger charge is -2.21. The summed E-state index contributed by atoms with van der Waals surface area (Å²) in [7, 11) is 0. The number of hydrogen-bond acceptors (Lipinski definition) is 3. The van der Waals surface area contributed by atoms with Gasteiger partial charge in [0, 0.05) is 13.1 Å². The maximum absolute atomic E-state index is 12.2. The lowest BCUT2D eigenvalue weighted by atomic mass is 10.3. The minimum Gasteiger partial charge on any atom is -0.337 e. The molecule has 2 rings (SSSR count). The number of hydrogen-bond donors (Lipinski definition) is 0. The van der Waals surface area contributed by atoms with Crippen molar-refractivity contribution in [1.82, 2.24) is 15.1 Å². The number of nitrogens with zero attached hydrogens (tertiary/aromatic N) is 3. The Hall–Kier alpha value is -1.16. The Morgan fingerprint density at radius 3 is 2.76 bits per heavy atom. The summed E-state index contributed by atoms with van der Waals surface area (Å²) in [5.41, 5.74) is 0.378. The molecule has 0 aromatic carbocycles. The van der Waals surface area contributed by atoms with E-state index in [4.69, 9.17) is 11.6 Å². The third-order valence-electron chi connectivity index (χ3n) is 2.81. The lowest BCUT2D eigenvalue weighted by Crippen LogP contribution is -2.34. The highest BCUT2D eigenvalue weighted by molar-refractivity contribution is 6.29. The summed E-state index contributed by atoms with van der Waals surface area (Å²) in [5.74, 6) is 0.647. The van der Waals surface area contributed by atoms with Gasteiger partial charge in [0.1, 0.15) is 0 Å². The second kappa shape index (κ2) is 5.45. The van der Waals surface area contributed by atoms with E-state index in [2.05, 4.69) is 17.1 Å². The van der Waals surface area contributed by atoms with E-state index in [1.54, 1.807) is 12.1 Å². The Morgan fingerprint density at radius 1 is 1.47 bits per heavy atom. The summed E-state index contributed by atoms with van der Waals surface area (Å²) >= 11 is 5.65. The van der Waals surface area contributed by atoms with Crippen molar-refractivity contribution < 1.29 is 4.79 Å². The fraction of sp³-hybridized carbons (Fsp3) is 0.583. The van der Waals surface area contributed by atoms with Gasteiger partial charge in [-0.1, -0.05) is 18.5 Å². The van der Waals surface area contributed by atoms with E-state index in [9.17, 15) is 4.79 Å². The number of carbonyl (C=O) groups excluding carboxylic acids is 1. The van der Waals surface area contributed by atoms with Crippen LogP contribution in [0.2, 0.25) is 5.15 Å². The zero-order chi connectivity index (χ0) is 12.3. The van der Waals surface area contributed by atoms with E-state index in [1.165, 1.54) is 12.8 Å². The fourth-order valence-electron chi connectivity index (χ4n) is 1.75. The molecular weight excluding hydrogens is 238 g/mol. The SMILES string of the molecule is CCCN(CC1CC1)C(=O)c1ccc(Cl)nn1. The highest BCUT2D eigenvalue weighted by Crippen LogP contribution is 2.30. The monoisotopic (exact) mass is 253 g/mol. The molecule has 1 fully saturated rings. The summed E-state index contributed by atoms with van der Waals surface area (Å²) in [4.78, 5) is 14.1. The predicted octanol–water partition coefficient (Wildman–Crippen LogP) is 2.39. The van der Waals surface area contributed by atoms with Gasteiger partial charge in [-0.2, -0.15) is 0 Å². The van der Waals surface area contributed by atoms with Gasteiger partial charge in [-0.05, 0) is 37.3 Å². The smallest absolute Gasteiger partial charge is 0.274 e. The second-order valence-electron chi connectivity index (χ2n) is 4.44. The van der Waals surface area contributed by atoms with Gasteiger partial charge in [0.25, 0.3) is 5.91 Å². The van der Waals surface area contributed by atoms with Gasteiger partial charge in [-0.25, -0.2) is 0 Å². The molecule has 1 aliphatic carbocycles. The maximum atomic E-state index is 12.2. The molecule has 1 heterocycles. The lowest BCUT2D eigenvalue weighted by molar-refractivity contribution is 0.0740.